The summed E-state index contributed by atoms with van der Waals surface area (Å²) in [6.45, 7) is 2.40. The summed E-state index contributed by atoms with van der Waals surface area (Å²) in [6.07, 6.45) is 4.90. The summed E-state index contributed by atoms with van der Waals surface area (Å²) in [5.74, 6) is 2.67. The minimum absolute atomic E-state index is 0.0102. The van der Waals surface area contributed by atoms with Gasteiger partial charge in [-0.05, 0) is 66.7 Å². The fourth-order valence-corrected chi connectivity index (χ4v) is 6.61. The summed E-state index contributed by atoms with van der Waals surface area (Å²) in [6, 6.07) is 6.65. The molecule has 0 bridgehead atoms. The standard InChI is InChI=1S/C22H32O4/c1-22-11-10-16-15-9-7-14(23-2)12-13(15)6-8-17(16)18(22)19(24-3)20(25-4)21(22)26-5/h7,9,12,16-21H,6,8,10-11H2,1-5H3/t16-,17-,18-,19-,20-,21+,22+/m1/s1. The van der Waals surface area contributed by atoms with Gasteiger partial charge in [0.1, 0.15) is 11.9 Å². The predicted molar refractivity (Wildman–Crippen MR) is 101 cm³/mol. The molecule has 1 aromatic carbocycles. The van der Waals surface area contributed by atoms with E-state index in [9.17, 15) is 0 Å². The molecule has 2 saturated carbocycles. The van der Waals surface area contributed by atoms with Crippen LogP contribution in [0.15, 0.2) is 18.2 Å². The summed E-state index contributed by atoms with van der Waals surface area (Å²) >= 11 is 0. The molecule has 26 heavy (non-hydrogen) atoms. The molecule has 0 spiro atoms. The molecule has 144 valence electrons. The van der Waals surface area contributed by atoms with Crippen LogP contribution in [0.3, 0.4) is 0 Å². The molecule has 0 amide bonds. The number of benzene rings is 1. The van der Waals surface area contributed by atoms with Crippen molar-refractivity contribution in [1.29, 1.82) is 0 Å². The molecule has 0 aromatic heterocycles. The van der Waals surface area contributed by atoms with E-state index < -0.39 is 0 Å². The van der Waals surface area contributed by atoms with E-state index in [1.165, 1.54) is 24.0 Å². The second kappa shape index (κ2) is 6.81. The van der Waals surface area contributed by atoms with E-state index in [1.54, 1.807) is 14.2 Å². The summed E-state index contributed by atoms with van der Waals surface area (Å²) in [5.41, 5.74) is 3.10. The van der Waals surface area contributed by atoms with Gasteiger partial charge in [-0.25, -0.2) is 0 Å². The lowest BCUT2D eigenvalue weighted by molar-refractivity contribution is -0.0908. The van der Waals surface area contributed by atoms with Crippen molar-refractivity contribution in [2.24, 2.45) is 17.3 Å². The van der Waals surface area contributed by atoms with E-state index in [0.717, 1.165) is 18.6 Å². The van der Waals surface area contributed by atoms with Gasteiger partial charge in [0.15, 0.2) is 0 Å². The average molecular weight is 360 g/mol. The van der Waals surface area contributed by atoms with Gasteiger partial charge < -0.3 is 18.9 Å². The van der Waals surface area contributed by atoms with Crippen LogP contribution in [-0.2, 0) is 20.6 Å². The Morgan fingerprint density at radius 2 is 1.73 bits per heavy atom. The van der Waals surface area contributed by atoms with Crippen molar-refractivity contribution in [3.63, 3.8) is 0 Å². The van der Waals surface area contributed by atoms with Crippen molar-refractivity contribution in [1.82, 2.24) is 0 Å². The first kappa shape index (κ1) is 18.3. The summed E-state index contributed by atoms with van der Waals surface area (Å²) in [4.78, 5) is 0. The maximum Gasteiger partial charge on any atom is 0.119 e. The summed E-state index contributed by atoms with van der Waals surface area (Å²) in [7, 11) is 7.20. The Hall–Kier alpha value is -1.10. The number of hydrogen-bond donors (Lipinski definition) is 0. The third-order valence-corrected chi connectivity index (χ3v) is 7.65. The Bertz CT molecular complexity index is 660. The predicted octanol–water partition coefficient (Wildman–Crippen LogP) is 3.82. The first-order chi connectivity index (χ1) is 12.6. The fraction of sp³-hybridized carbons (Fsp3) is 0.727. The fourth-order valence-electron chi connectivity index (χ4n) is 6.61. The van der Waals surface area contributed by atoms with E-state index in [1.807, 2.05) is 14.2 Å². The van der Waals surface area contributed by atoms with Crippen LogP contribution in [0.1, 0.15) is 43.2 Å². The zero-order valence-electron chi connectivity index (χ0n) is 16.7. The van der Waals surface area contributed by atoms with E-state index in [0.29, 0.717) is 17.8 Å². The molecule has 2 fully saturated rings. The second-order valence-electron chi connectivity index (χ2n) is 8.50. The lowest BCUT2D eigenvalue weighted by Crippen LogP contribution is -2.47. The van der Waals surface area contributed by atoms with Crippen LogP contribution in [0.5, 0.6) is 5.75 Å². The average Bonchev–Trinajstić information content (AvgIpc) is 2.94. The number of ether oxygens (including phenoxy) is 4. The minimum Gasteiger partial charge on any atom is -0.497 e. The number of rotatable bonds is 4. The zero-order chi connectivity index (χ0) is 18.5. The molecule has 1 aromatic rings. The second-order valence-corrected chi connectivity index (χ2v) is 8.50. The summed E-state index contributed by atoms with van der Waals surface area (Å²) in [5, 5.41) is 0. The Kier molecular flexibility index (Phi) is 4.79. The number of hydrogen-bond acceptors (Lipinski definition) is 4. The van der Waals surface area contributed by atoms with Crippen LogP contribution in [0.25, 0.3) is 0 Å². The van der Waals surface area contributed by atoms with Crippen molar-refractivity contribution in [3.8, 4) is 5.75 Å². The van der Waals surface area contributed by atoms with Gasteiger partial charge in [-0.1, -0.05) is 13.0 Å². The van der Waals surface area contributed by atoms with Crippen molar-refractivity contribution in [3.05, 3.63) is 29.3 Å². The molecule has 0 radical (unpaired) electrons. The van der Waals surface area contributed by atoms with Gasteiger partial charge in [0.2, 0.25) is 0 Å². The largest absolute Gasteiger partial charge is 0.497 e. The zero-order valence-corrected chi connectivity index (χ0v) is 16.7. The molecule has 3 aliphatic rings. The molecule has 7 atom stereocenters. The van der Waals surface area contributed by atoms with Gasteiger partial charge in [-0.3, -0.25) is 0 Å². The Labute approximate surface area is 157 Å². The quantitative estimate of drug-likeness (QED) is 0.818. The molecule has 0 aliphatic heterocycles. The Balaban J connectivity index is 1.72. The molecule has 4 heteroatoms. The van der Waals surface area contributed by atoms with Gasteiger partial charge in [0.05, 0.1) is 19.3 Å². The molecule has 4 rings (SSSR count). The molecule has 0 unspecified atom stereocenters. The summed E-state index contributed by atoms with van der Waals surface area (Å²) < 4.78 is 23.3. The number of methoxy groups -OCH3 is 4. The molecular weight excluding hydrogens is 328 g/mol. The Morgan fingerprint density at radius 3 is 2.38 bits per heavy atom. The normalized spacial score (nSPS) is 41.3. The van der Waals surface area contributed by atoms with Gasteiger partial charge in [0, 0.05) is 26.7 Å². The molecule has 3 aliphatic carbocycles. The monoisotopic (exact) mass is 360 g/mol. The highest BCUT2D eigenvalue weighted by Gasteiger charge is 2.64. The van der Waals surface area contributed by atoms with Crippen molar-refractivity contribution in [2.75, 3.05) is 28.4 Å². The smallest absolute Gasteiger partial charge is 0.119 e. The highest BCUT2D eigenvalue weighted by atomic mass is 16.6. The molecule has 0 N–H and O–H groups in total. The highest BCUT2D eigenvalue weighted by Crippen LogP contribution is 2.62. The third-order valence-electron chi connectivity index (χ3n) is 7.65. The lowest BCUT2D eigenvalue weighted by Gasteiger charge is -2.51. The van der Waals surface area contributed by atoms with Crippen LogP contribution >= 0.6 is 0 Å². The van der Waals surface area contributed by atoms with Crippen LogP contribution in [0.4, 0.5) is 0 Å². The van der Waals surface area contributed by atoms with Crippen molar-refractivity contribution in [2.45, 2.75) is 56.8 Å². The number of aryl methyl sites for hydroxylation is 1. The molecule has 0 heterocycles. The van der Waals surface area contributed by atoms with E-state index in [2.05, 4.69) is 25.1 Å². The topological polar surface area (TPSA) is 36.9 Å². The molecule has 4 nitrogen and oxygen atoms in total. The Morgan fingerprint density at radius 1 is 0.962 bits per heavy atom. The van der Waals surface area contributed by atoms with E-state index >= 15 is 0 Å². The van der Waals surface area contributed by atoms with Crippen LogP contribution < -0.4 is 4.74 Å². The van der Waals surface area contributed by atoms with Gasteiger partial charge in [-0.2, -0.15) is 0 Å². The van der Waals surface area contributed by atoms with Gasteiger partial charge in [0.25, 0.3) is 0 Å². The van der Waals surface area contributed by atoms with E-state index in [-0.39, 0.29) is 23.7 Å². The number of fused-ring (bicyclic) bond motifs is 5. The molecular formula is C22H32O4. The third kappa shape index (κ3) is 2.45. The van der Waals surface area contributed by atoms with E-state index in [4.69, 9.17) is 18.9 Å². The molecule has 0 saturated heterocycles. The maximum absolute atomic E-state index is 6.03. The lowest BCUT2D eigenvalue weighted by atomic mass is 9.55. The van der Waals surface area contributed by atoms with Crippen molar-refractivity contribution < 1.29 is 18.9 Å². The first-order valence-electron chi connectivity index (χ1n) is 9.84. The minimum atomic E-state index is 0.0102. The van der Waals surface area contributed by atoms with Gasteiger partial charge >= 0.3 is 0 Å². The van der Waals surface area contributed by atoms with Gasteiger partial charge in [-0.15, -0.1) is 0 Å². The maximum atomic E-state index is 6.03. The van der Waals surface area contributed by atoms with Crippen LogP contribution in [-0.4, -0.2) is 46.8 Å². The van der Waals surface area contributed by atoms with Crippen LogP contribution in [0, 0.1) is 17.3 Å². The SMILES string of the molecule is COc1ccc2c(c1)CC[C@H]1[C@@H]3[C@@H](OC)[C@@H](OC)[C@H](OC)[C@@]3(C)CC[C@H]21. The van der Waals surface area contributed by atoms with Crippen molar-refractivity contribution >= 4 is 0 Å². The van der Waals surface area contributed by atoms with Crippen LogP contribution in [0.2, 0.25) is 0 Å². The first-order valence-corrected chi connectivity index (χ1v) is 9.84. The highest BCUT2D eigenvalue weighted by molar-refractivity contribution is 5.41.